The molecule has 2 aromatic rings. The third kappa shape index (κ3) is 3.47. The Labute approximate surface area is 139 Å². The van der Waals surface area contributed by atoms with Gasteiger partial charge in [-0.3, -0.25) is 0 Å². The fraction of sp³-hybridized carbons (Fsp3) is 0.444. The van der Waals surface area contributed by atoms with Gasteiger partial charge in [-0.1, -0.05) is 43.7 Å². The summed E-state index contributed by atoms with van der Waals surface area (Å²) in [7, 11) is 0. The van der Waals surface area contributed by atoms with Crippen LogP contribution >= 0.6 is 12.4 Å². The maximum atomic E-state index is 4.89. The molecule has 118 valence electrons. The molecule has 22 heavy (non-hydrogen) atoms. The molecule has 0 fully saturated rings. The van der Waals surface area contributed by atoms with Crippen molar-refractivity contribution < 1.29 is 0 Å². The molecular weight excluding hydrogens is 294 g/mol. The van der Waals surface area contributed by atoms with E-state index in [1.54, 1.807) is 0 Å². The van der Waals surface area contributed by atoms with Gasteiger partial charge in [-0.2, -0.15) is 0 Å². The average Bonchev–Trinajstić information content (AvgIpc) is 2.72. The standard InChI is InChI=1S/C18H23N3.ClH/c1-12(2)18-20-16-9-11-19-10-8-15(16)17(21-18)14-6-4-13(3)5-7-14;/h4-7,12,19H,8-11H2,1-3H3;1H. The molecule has 4 heteroatoms. The Morgan fingerprint density at radius 1 is 1.00 bits per heavy atom. The monoisotopic (exact) mass is 317 g/mol. The van der Waals surface area contributed by atoms with Crippen LogP contribution in [0.1, 0.15) is 42.4 Å². The predicted molar refractivity (Wildman–Crippen MR) is 93.8 cm³/mol. The largest absolute Gasteiger partial charge is 0.316 e. The van der Waals surface area contributed by atoms with Crippen LogP contribution in [0.3, 0.4) is 0 Å². The molecule has 0 amide bonds. The Morgan fingerprint density at radius 2 is 1.68 bits per heavy atom. The van der Waals surface area contributed by atoms with Gasteiger partial charge in [0, 0.05) is 35.7 Å². The highest BCUT2D eigenvalue weighted by atomic mass is 35.5. The van der Waals surface area contributed by atoms with Crippen LogP contribution in [0.25, 0.3) is 11.3 Å². The molecule has 0 atom stereocenters. The van der Waals surface area contributed by atoms with Crippen LogP contribution in [0, 0.1) is 6.92 Å². The molecule has 0 unspecified atom stereocenters. The van der Waals surface area contributed by atoms with Crippen LogP contribution in [0.2, 0.25) is 0 Å². The molecule has 0 radical (unpaired) electrons. The van der Waals surface area contributed by atoms with Crippen LogP contribution < -0.4 is 5.32 Å². The van der Waals surface area contributed by atoms with Gasteiger partial charge in [0.25, 0.3) is 0 Å². The van der Waals surface area contributed by atoms with Gasteiger partial charge in [-0.15, -0.1) is 12.4 Å². The molecule has 0 spiro atoms. The Balaban J connectivity index is 0.00000176. The lowest BCUT2D eigenvalue weighted by molar-refractivity contribution is 0.705. The lowest BCUT2D eigenvalue weighted by Crippen LogP contribution is -2.16. The van der Waals surface area contributed by atoms with E-state index in [1.165, 1.54) is 22.4 Å². The topological polar surface area (TPSA) is 37.8 Å². The number of aryl methyl sites for hydroxylation is 1. The zero-order chi connectivity index (χ0) is 14.8. The van der Waals surface area contributed by atoms with Crippen molar-refractivity contribution in [3.8, 4) is 11.3 Å². The van der Waals surface area contributed by atoms with Crippen LogP contribution in [0.15, 0.2) is 24.3 Å². The van der Waals surface area contributed by atoms with Gasteiger partial charge < -0.3 is 5.32 Å². The quantitative estimate of drug-likeness (QED) is 0.918. The predicted octanol–water partition coefficient (Wildman–Crippen LogP) is 3.69. The van der Waals surface area contributed by atoms with E-state index in [2.05, 4.69) is 50.4 Å². The fourth-order valence-electron chi connectivity index (χ4n) is 2.77. The highest BCUT2D eigenvalue weighted by Gasteiger charge is 2.18. The summed E-state index contributed by atoms with van der Waals surface area (Å²) in [5.74, 6) is 1.32. The second kappa shape index (κ2) is 7.21. The van der Waals surface area contributed by atoms with E-state index in [0.29, 0.717) is 5.92 Å². The molecule has 2 heterocycles. The van der Waals surface area contributed by atoms with Crippen LogP contribution in [0.5, 0.6) is 0 Å². The maximum absolute atomic E-state index is 4.89. The van der Waals surface area contributed by atoms with E-state index in [-0.39, 0.29) is 12.4 Å². The minimum atomic E-state index is 0. The third-order valence-electron chi connectivity index (χ3n) is 4.04. The van der Waals surface area contributed by atoms with Gasteiger partial charge in [0.2, 0.25) is 0 Å². The SMILES string of the molecule is Cc1ccc(-c2nc(C(C)C)nc3c2CCNCC3)cc1.Cl. The number of rotatable bonds is 2. The molecular formula is C18H24ClN3. The summed E-state index contributed by atoms with van der Waals surface area (Å²) in [4.78, 5) is 9.71. The van der Waals surface area contributed by atoms with Crippen LogP contribution in [-0.2, 0) is 12.8 Å². The normalized spacial score (nSPS) is 14.2. The van der Waals surface area contributed by atoms with E-state index in [1.807, 2.05) is 0 Å². The smallest absolute Gasteiger partial charge is 0.131 e. The number of halogens is 1. The zero-order valence-electron chi connectivity index (χ0n) is 13.5. The van der Waals surface area contributed by atoms with Crippen molar-refractivity contribution in [3.05, 3.63) is 46.9 Å². The molecule has 1 aromatic heterocycles. The lowest BCUT2D eigenvalue weighted by atomic mass is 9.99. The number of nitrogens with zero attached hydrogens (tertiary/aromatic N) is 2. The average molecular weight is 318 g/mol. The van der Waals surface area contributed by atoms with Gasteiger partial charge >= 0.3 is 0 Å². The van der Waals surface area contributed by atoms with Crippen molar-refractivity contribution in [1.29, 1.82) is 0 Å². The number of hydrogen-bond acceptors (Lipinski definition) is 3. The Morgan fingerprint density at radius 3 is 2.36 bits per heavy atom. The van der Waals surface area contributed by atoms with Gasteiger partial charge in [-0.05, 0) is 19.9 Å². The van der Waals surface area contributed by atoms with Crippen molar-refractivity contribution in [2.75, 3.05) is 13.1 Å². The van der Waals surface area contributed by atoms with Crippen molar-refractivity contribution in [3.63, 3.8) is 0 Å². The van der Waals surface area contributed by atoms with Crippen LogP contribution in [-0.4, -0.2) is 23.1 Å². The minimum Gasteiger partial charge on any atom is -0.316 e. The Hall–Kier alpha value is -1.45. The highest BCUT2D eigenvalue weighted by molar-refractivity contribution is 5.85. The van der Waals surface area contributed by atoms with Crippen molar-refractivity contribution in [2.24, 2.45) is 0 Å². The summed E-state index contributed by atoms with van der Waals surface area (Å²) in [6.07, 6.45) is 2.01. The summed E-state index contributed by atoms with van der Waals surface area (Å²) in [6.45, 7) is 8.46. The molecule has 1 aromatic carbocycles. The molecule has 1 aliphatic heterocycles. The molecule has 0 saturated carbocycles. The first-order valence-corrected chi connectivity index (χ1v) is 7.82. The first-order chi connectivity index (χ1) is 10.1. The molecule has 1 N–H and O–H groups in total. The maximum Gasteiger partial charge on any atom is 0.131 e. The molecule has 0 saturated heterocycles. The van der Waals surface area contributed by atoms with Gasteiger partial charge in [0.1, 0.15) is 5.82 Å². The van der Waals surface area contributed by atoms with E-state index in [9.17, 15) is 0 Å². The number of hydrogen-bond donors (Lipinski definition) is 1. The highest BCUT2D eigenvalue weighted by Crippen LogP contribution is 2.27. The van der Waals surface area contributed by atoms with Crippen LogP contribution in [0.4, 0.5) is 0 Å². The second-order valence-corrected chi connectivity index (χ2v) is 6.13. The fourth-order valence-corrected chi connectivity index (χ4v) is 2.77. The molecule has 1 aliphatic rings. The van der Waals surface area contributed by atoms with Crippen molar-refractivity contribution in [1.82, 2.24) is 15.3 Å². The molecule has 3 rings (SSSR count). The second-order valence-electron chi connectivity index (χ2n) is 6.13. The lowest BCUT2D eigenvalue weighted by Gasteiger charge is -2.15. The first-order valence-electron chi connectivity index (χ1n) is 7.82. The summed E-state index contributed by atoms with van der Waals surface area (Å²) in [5.41, 5.74) is 6.18. The number of aromatic nitrogens is 2. The zero-order valence-corrected chi connectivity index (χ0v) is 14.3. The number of fused-ring (bicyclic) bond motifs is 1. The Bertz CT molecular complexity index is 636. The van der Waals surface area contributed by atoms with Crippen molar-refractivity contribution >= 4 is 12.4 Å². The summed E-state index contributed by atoms with van der Waals surface area (Å²) < 4.78 is 0. The Kier molecular flexibility index (Phi) is 5.54. The first kappa shape index (κ1) is 16.9. The van der Waals surface area contributed by atoms with E-state index >= 15 is 0 Å². The molecule has 0 aliphatic carbocycles. The van der Waals surface area contributed by atoms with Gasteiger partial charge in [-0.25, -0.2) is 9.97 Å². The summed E-state index contributed by atoms with van der Waals surface area (Å²) in [6, 6.07) is 8.68. The number of nitrogens with one attached hydrogen (secondary N) is 1. The number of benzene rings is 1. The van der Waals surface area contributed by atoms with E-state index in [0.717, 1.165) is 37.4 Å². The summed E-state index contributed by atoms with van der Waals surface area (Å²) >= 11 is 0. The minimum absolute atomic E-state index is 0. The summed E-state index contributed by atoms with van der Waals surface area (Å²) in [5, 5.41) is 3.46. The molecule has 0 bridgehead atoms. The van der Waals surface area contributed by atoms with Gasteiger partial charge in [0.15, 0.2) is 0 Å². The van der Waals surface area contributed by atoms with E-state index < -0.39 is 0 Å². The van der Waals surface area contributed by atoms with Crippen molar-refractivity contribution in [2.45, 2.75) is 39.5 Å². The van der Waals surface area contributed by atoms with E-state index in [4.69, 9.17) is 9.97 Å². The molecule has 3 nitrogen and oxygen atoms in total. The van der Waals surface area contributed by atoms with Gasteiger partial charge in [0.05, 0.1) is 5.69 Å². The third-order valence-corrected chi connectivity index (χ3v) is 4.04.